The smallest absolute Gasteiger partial charge is 0.247 e. The van der Waals surface area contributed by atoms with Crippen LogP contribution >= 0.6 is 15.9 Å². The van der Waals surface area contributed by atoms with Gasteiger partial charge in [-0.15, -0.1) is 0 Å². The first-order valence-electron chi connectivity index (χ1n) is 5.99. The lowest BCUT2D eigenvalue weighted by molar-refractivity contribution is -0.116. The van der Waals surface area contributed by atoms with E-state index in [2.05, 4.69) is 26.2 Å². The van der Waals surface area contributed by atoms with Crippen LogP contribution in [0.5, 0.6) is 0 Å². The van der Waals surface area contributed by atoms with E-state index >= 15 is 0 Å². The van der Waals surface area contributed by atoms with Gasteiger partial charge in [0.2, 0.25) is 5.91 Å². The van der Waals surface area contributed by atoms with Crippen LogP contribution < -0.4 is 5.32 Å². The number of carbonyl (C=O) groups is 1. The van der Waals surface area contributed by atoms with Crippen LogP contribution in [0.15, 0.2) is 47.1 Å². The minimum atomic E-state index is -0.845. The molecule has 4 nitrogen and oxygen atoms in total. The Kier molecular flexibility index (Phi) is 4.49. The van der Waals surface area contributed by atoms with E-state index in [0.29, 0.717) is 11.4 Å². The highest BCUT2D eigenvalue weighted by Gasteiger charge is 2.20. The molecular weight excluding hydrogens is 318 g/mol. The average molecular weight is 330 g/mol. The lowest BCUT2D eigenvalue weighted by Crippen LogP contribution is -2.20. The number of aryl methyl sites for hydroxylation is 1. The van der Waals surface area contributed by atoms with Gasteiger partial charge in [0.1, 0.15) is 5.82 Å². The Labute approximate surface area is 125 Å². The van der Waals surface area contributed by atoms with Gasteiger partial charge in [-0.1, -0.05) is 30.3 Å². The van der Waals surface area contributed by atoms with Gasteiger partial charge in [0.15, 0.2) is 5.92 Å². The number of hydrogen-bond acceptors (Lipinski definition) is 3. The second kappa shape index (κ2) is 6.31. The van der Waals surface area contributed by atoms with Crippen molar-refractivity contribution in [3.05, 3.63) is 58.2 Å². The number of amides is 1. The topological polar surface area (TPSA) is 65.8 Å². The normalized spacial score (nSPS) is 11.4. The molecule has 0 aliphatic carbocycles. The van der Waals surface area contributed by atoms with Crippen LogP contribution in [-0.4, -0.2) is 10.9 Å². The zero-order valence-electron chi connectivity index (χ0n) is 10.8. The van der Waals surface area contributed by atoms with E-state index < -0.39 is 5.92 Å². The molecule has 1 aromatic heterocycles. The number of hydrogen-bond donors (Lipinski definition) is 1. The van der Waals surface area contributed by atoms with Crippen molar-refractivity contribution in [2.75, 3.05) is 5.32 Å². The van der Waals surface area contributed by atoms with Crippen molar-refractivity contribution in [1.29, 1.82) is 5.26 Å². The van der Waals surface area contributed by atoms with Crippen LogP contribution in [0.4, 0.5) is 5.82 Å². The van der Waals surface area contributed by atoms with E-state index in [1.54, 1.807) is 36.5 Å². The molecule has 1 heterocycles. The number of nitrogens with one attached hydrogen (secondary N) is 1. The Morgan fingerprint density at radius 3 is 2.70 bits per heavy atom. The lowest BCUT2D eigenvalue weighted by Gasteiger charge is -2.10. The molecule has 0 bridgehead atoms. The monoisotopic (exact) mass is 329 g/mol. The van der Waals surface area contributed by atoms with Crippen LogP contribution in [0.2, 0.25) is 0 Å². The fourth-order valence-electron chi connectivity index (χ4n) is 1.74. The molecule has 0 radical (unpaired) electrons. The summed E-state index contributed by atoms with van der Waals surface area (Å²) in [7, 11) is 0. The SMILES string of the molecule is Cc1cc(NC(=O)C(C#N)c2ccccc2)ncc1Br. The van der Waals surface area contributed by atoms with Gasteiger partial charge in [0, 0.05) is 10.7 Å². The number of benzene rings is 1. The summed E-state index contributed by atoms with van der Waals surface area (Å²) in [5.41, 5.74) is 1.63. The second-order valence-corrected chi connectivity index (χ2v) is 5.14. The highest BCUT2D eigenvalue weighted by molar-refractivity contribution is 9.10. The molecule has 0 saturated carbocycles. The molecule has 1 aromatic carbocycles. The third-order valence-corrected chi connectivity index (χ3v) is 3.65. The van der Waals surface area contributed by atoms with Gasteiger partial charge in [-0.05, 0) is 40.0 Å². The molecular formula is C15H12BrN3O. The van der Waals surface area contributed by atoms with Crippen molar-refractivity contribution >= 4 is 27.7 Å². The molecule has 0 aliphatic rings. The standard InChI is InChI=1S/C15H12BrN3O/c1-10-7-14(18-9-13(10)16)19-15(20)12(8-17)11-5-3-2-4-6-11/h2-7,9,12H,1H3,(H,18,19,20). The molecule has 2 rings (SSSR count). The minimum Gasteiger partial charge on any atom is -0.309 e. The third kappa shape index (κ3) is 3.22. The van der Waals surface area contributed by atoms with Gasteiger partial charge in [0.05, 0.1) is 6.07 Å². The molecule has 5 heteroatoms. The van der Waals surface area contributed by atoms with E-state index in [9.17, 15) is 10.1 Å². The number of pyridine rings is 1. The number of halogens is 1. The predicted molar refractivity (Wildman–Crippen MR) is 80.1 cm³/mol. The molecule has 0 fully saturated rings. The fourth-order valence-corrected chi connectivity index (χ4v) is 1.95. The third-order valence-electron chi connectivity index (χ3n) is 2.82. The Balaban J connectivity index is 2.18. The molecule has 0 aliphatic heterocycles. The van der Waals surface area contributed by atoms with Crippen LogP contribution in [0, 0.1) is 18.3 Å². The maximum absolute atomic E-state index is 12.2. The highest BCUT2D eigenvalue weighted by Crippen LogP contribution is 2.20. The van der Waals surface area contributed by atoms with Gasteiger partial charge in [-0.2, -0.15) is 5.26 Å². The maximum atomic E-state index is 12.2. The fraction of sp³-hybridized carbons (Fsp3) is 0.133. The number of nitrogens with zero attached hydrogens (tertiary/aromatic N) is 2. The van der Waals surface area contributed by atoms with Crippen molar-refractivity contribution in [2.45, 2.75) is 12.8 Å². The summed E-state index contributed by atoms with van der Waals surface area (Å²) in [5, 5.41) is 11.9. The Morgan fingerprint density at radius 1 is 1.40 bits per heavy atom. The van der Waals surface area contributed by atoms with Crippen molar-refractivity contribution < 1.29 is 4.79 Å². The number of anilines is 1. The molecule has 1 atom stereocenters. The van der Waals surface area contributed by atoms with Crippen molar-refractivity contribution in [1.82, 2.24) is 4.98 Å². The number of rotatable bonds is 3. The van der Waals surface area contributed by atoms with Gasteiger partial charge in [-0.3, -0.25) is 4.79 Å². The van der Waals surface area contributed by atoms with Crippen LogP contribution in [0.25, 0.3) is 0 Å². The van der Waals surface area contributed by atoms with Gasteiger partial charge in [0.25, 0.3) is 0 Å². The quantitative estimate of drug-likeness (QED) is 0.938. The summed E-state index contributed by atoms with van der Waals surface area (Å²) in [6.45, 7) is 1.90. The molecule has 1 amide bonds. The molecule has 2 aromatic rings. The number of nitriles is 1. The molecule has 100 valence electrons. The molecule has 0 saturated heterocycles. The van der Waals surface area contributed by atoms with Crippen LogP contribution in [0.3, 0.4) is 0 Å². The maximum Gasteiger partial charge on any atom is 0.247 e. The van der Waals surface area contributed by atoms with Crippen molar-refractivity contribution in [2.24, 2.45) is 0 Å². The Hall–Kier alpha value is -2.19. The number of aromatic nitrogens is 1. The summed E-state index contributed by atoms with van der Waals surface area (Å²) in [6, 6.07) is 12.7. The van der Waals surface area contributed by atoms with E-state index in [0.717, 1.165) is 10.0 Å². The van der Waals surface area contributed by atoms with Gasteiger partial charge >= 0.3 is 0 Å². The second-order valence-electron chi connectivity index (χ2n) is 4.28. The van der Waals surface area contributed by atoms with Gasteiger partial charge < -0.3 is 5.32 Å². The Morgan fingerprint density at radius 2 is 2.10 bits per heavy atom. The van der Waals surface area contributed by atoms with E-state index in [1.807, 2.05) is 19.1 Å². The van der Waals surface area contributed by atoms with Crippen molar-refractivity contribution in [3.8, 4) is 6.07 Å². The lowest BCUT2D eigenvalue weighted by atomic mass is 10.00. The van der Waals surface area contributed by atoms with E-state index in [4.69, 9.17) is 0 Å². The van der Waals surface area contributed by atoms with E-state index in [1.165, 1.54) is 0 Å². The predicted octanol–water partition coefficient (Wildman–Crippen LogP) is 3.40. The molecule has 1 unspecified atom stereocenters. The first kappa shape index (κ1) is 14.2. The zero-order chi connectivity index (χ0) is 14.5. The number of carbonyl (C=O) groups excluding carboxylic acids is 1. The molecule has 20 heavy (non-hydrogen) atoms. The summed E-state index contributed by atoms with van der Waals surface area (Å²) in [4.78, 5) is 16.3. The summed E-state index contributed by atoms with van der Waals surface area (Å²) in [5.74, 6) is -0.790. The summed E-state index contributed by atoms with van der Waals surface area (Å²) < 4.78 is 0.871. The van der Waals surface area contributed by atoms with Crippen molar-refractivity contribution in [3.63, 3.8) is 0 Å². The molecule has 0 spiro atoms. The largest absolute Gasteiger partial charge is 0.309 e. The highest BCUT2D eigenvalue weighted by atomic mass is 79.9. The average Bonchev–Trinajstić information content (AvgIpc) is 2.45. The zero-order valence-corrected chi connectivity index (χ0v) is 12.4. The Bertz CT molecular complexity index is 665. The van der Waals surface area contributed by atoms with E-state index in [-0.39, 0.29) is 5.91 Å². The van der Waals surface area contributed by atoms with Gasteiger partial charge in [-0.25, -0.2) is 4.98 Å². The summed E-state index contributed by atoms with van der Waals surface area (Å²) in [6.07, 6.45) is 1.62. The summed E-state index contributed by atoms with van der Waals surface area (Å²) >= 11 is 3.35. The first-order valence-corrected chi connectivity index (χ1v) is 6.78. The van der Waals surface area contributed by atoms with Crippen LogP contribution in [-0.2, 0) is 4.79 Å². The molecule has 1 N–H and O–H groups in total. The minimum absolute atomic E-state index is 0.382. The van der Waals surface area contributed by atoms with Crippen LogP contribution in [0.1, 0.15) is 17.0 Å². The first-order chi connectivity index (χ1) is 9.61.